The summed E-state index contributed by atoms with van der Waals surface area (Å²) in [6, 6.07) is 28.0. The summed E-state index contributed by atoms with van der Waals surface area (Å²) >= 11 is 0. The highest BCUT2D eigenvalue weighted by atomic mass is 16.3. The molecule has 4 N–H and O–H groups in total. The quantitative estimate of drug-likeness (QED) is 0.359. The Hall–Kier alpha value is -3.92. The summed E-state index contributed by atoms with van der Waals surface area (Å²) in [6.07, 6.45) is 0. The van der Waals surface area contributed by atoms with Gasteiger partial charge in [-0.1, -0.05) is 60.7 Å². The summed E-state index contributed by atoms with van der Waals surface area (Å²) in [6.45, 7) is 0. The molecular weight excluding hydrogens is 376 g/mol. The van der Waals surface area contributed by atoms with Crippen LogP contribution in [0.1, 0.15) is 34.1 Å². The van der Waals surface area contributed by atoms with Gasteiger partial charge >= 0.3 is 0 Å². The molecule has 0 radical (unpaired) electrons. The van der Waals surface area contributed by atoms with Crippen LogP contribution in [-0.2, 0) is 0 Å². The number of hydrogen-bond acceptors (Lipinski definition) is 4. The van der Waals surface area contributed by atoms with Crippen LogP contribution in [0.4, 0.5) is 0 Å². The molecule has 0 aromatic heterocycles. The van der Waals surface area contributed by atoms with E-state index in [9.17, 15) is 20.4 Å². The predicted octanol–water partition coefficient (Wildman–Crippen LogP) is 5.47. The molecule has 4 heteroatoms. The Morgan fingerprint density at radius 2 is 0.733 bits per heavy atom. The van der Waals surface area contributed by atoms with Gasteiger partial charge in [-0.2, -0.15) is 0 Å². The molecular formula is C26H22O4. The van der Waals surface area contributed by atoms with Crippen LogP contribution < -0.4 is 0 Å². The molecule has 150 valence electrons. The molecule has 0 aliphatic heterocycles. The number of aromatic hydroxyl groups is 4. The van der Waals surface area contributed by atoms with Gasteiger partial charge in [0.1, 0.15) is 23.0 Å². The number of hydrogen-bond donors (Lipinski definition) is 4. The summed E-state index contributed by atoms with van der Waals surface area (Å²) < 4.78 is 0. The lowest BCUT2D eigenvalue weighted by atomic mass is 9.73. The van der Waals surface area contributed by atoms with Gasteiger partial charge in [-0.3, -0.25) is 0 Å². The molecule has 0 saturated carbocycles. The molecule has 0 aliphatic rings. The van der Waals surface area contributed by atoms with E-state index in [0.29, 0.717) is 11.1 Å². The topological polar surface area (TPSA) is 80.9 Å². The monoisotopic (exact) mass is 398 g/mol. The first-order valence-corrected chi connectivity index (χ1v) is 9.68. The molecule has 0 fully saturated rings. The second-order valence-electron chi connectivity index (χ2n) is 7.26. The third-order valence-corrected chi connectivity index (χ3v) is 5.38. The molecule has 4 aromatic carbocycles. The van der Waals surface area contributed by atoms with Crippen molar-refractivity contribution in [3.63, 3.8) is 0 Å². The van der Waals surface area contributed by atoms with Gasteiger partial charge in [0.2, 0.25) is 0 Å². The lowest BCUT2D eigenvalue weighted by molar-refractivity contribution is 0.450. The van der Waals surface area contributed by atoms with Crippen LogP contribution in [-0.4, -0.2) is 20.4 Å². The second kappa shape index (κ2) is 8.21. The Morgan fingerprint density at radius 1 is 0.400 bits per heavy atom. The largest absolute Gasteiger partial charge is 0.508 e. The normalized spacial score (nSPS) is 12.9. The smallest absolute Gasteiger partial charge is 0.119 e. The van der Waals surface area contributed by atoms with Crippen molar-refractivity contribution in [1.29, 1.82) is 0 Å². The lowest BCUT2D eigenvalue weighted by Gasteiger charge is -2.30. The Morgan fingerprint density at radius 3 is 1.07 bits per heavy atom. The van der Waals surface area contributed by atoms with Crippen molar-refractivity contribution in [1.82, 2.24) is 0 Å². The second-order valence-corrected chi connectivity index (χ2v) is 7.26. The van der Waals surface area contributed by atoms with Gasteiger partial charge < -0.3 is 20.4 Å². The van der Waals surface area contributed by atoms with Crippen LogP contribution in [0.15, 0.2) is 97.1 Å². The number of para-hydroxylation sites is 2. The number of phenols is 4. The van der Waals surface area contributed by atoms with Crippen molar-refractivity contribution in [2.24, 2.45) is 0 Å². The lowest BCUT2D eigenvalue weighted by Crippen LogP contribution is -2.15. The van der Waals surface area contributed by atoms with Crippen molar-refractivity contribution in [2.75, 3.05) is 0 Å². The van der Waals surface area contributed by atoms with Crippen molar-refractivity contribution >= 4 is 0 Å². The van der Waals surface area contributed by atoms with Crippen LogP contribution in [0, 0.1) is 0 Å². The molecule has 0 spiro atoms. The number of rotatable bonds is 5. The van der Waals surface area contributed by atoms with Gasteiger partial charge in [0.05, 0.1) is 0 Å². The predicted molar refractivity (Wildman–Crippen MR) is 116 cm³/mol. The maximum Gasteiger partial charge on any atom is 0.119 e. The van der Waals surface area contributed by atoms with Gasteiger partial charge in [0.25, 0.3) is 0 Å². The van der Waals surface area contributed by atoms with Crippen molar-refractivity contribution in [2.45, 2.75) is 11.8 Å². The fourth-order valence-electron chi connectivity index (χ4n) is 3.97. The van der Waals surface area contributed by atoms with E-state index in [1.54, 1.807) is 48.5 Å². The molecule has 2 atom stereocenters. The molecule has 0 amide bonds. The maximum absolute atomic E-state index is 10.7. The standard InChI is InChI=1S/C26H22O4/c27-19-13-9-17(10-14-19)25(21-5-1-3-7-23(21)29)26(18-11-15-20(28)16-12-18)22-6-2-4-8-24(22)30/h1-16,25-30H. The highest BCUT2D eigenvalue weighted by Crippen LogP contribution is 2.47. The number of phenolic OH excluding ortho intramolecular Hbond substituents is 4. The van der Waals surface area contributed by atoms with Crippen molar-refractivity contribution in [3.05, 3.63) is 119 Å². The van der Waals surface area contributed by atoms with E-state index in [4.69, 9.17) is 0 Å². The Kier molecular flexibility index (Phi) is 5.31. The average molecular weight is 398 g/mol. The first-order valence-electron chi connectivity index (χ1n) is 9.68. The minimum Gasteiger partial charge on any atom is -0.508 e. The fourth-order valence-corrected chi connectivity index (χ4v) is 3.97. The summed E-state index contributed by atoms with van der Waals surface area (Å²) in [5.74, 6) is -0.115. The molecule has 0 aliphatic carbocycles. The molecule has 4 nitrogen and oxygen atoms in total. The Bertz CT molecular complexity index is 1040. The van der Waals surface area contributed by atoms with E-state index in [1.807, 2.05) is 48.5 Å². The van der Waals surface area contributed by atoms with E-state index in [1.165, 1.54) is 0 Å². The Labute approximate surface area is 175 Å². The first kappa shape index (κ1) is 19.4. The summed E-state index contributed by atoms with van der Waals surface area (Å²) in [7, 11) is 0. The van der Waals surface area contributed by atoms with Crippen LogP contribution in [0.25, 0.3) is 0 Å². The minimum atomic E-state index is -0.357. The fraction of sp³-hybridized carbons (Fsp3) is 0.0769. The molecule has 2 unspecified atom stereocenters. The summed E-state index contributed by atoms with van der Waals surface area (Å²) in [5, 5.41) is 41.0. The zero-order valence-electron chi connectivity index (χ0n) is 16.2. The van der Waals surface area contributed by atoms with E-state index < -0.39 is 0 Å². The SMILES string of the molecule is Oc1ccc(C(c2ccccc2O)C(c2ccc(O)cc2)c2ccccc2O)cc1. The van der Waals surface area contributed by atoms with E-state index in [-0.39, 0.29) is 34.8 Å². The van der Waals surface area contributed by atoms with Gasteiger partial charge in [0.15, 0.2) is 0 Å². The molecule has 30 heavy (non-hydrogen) atoms. The van der Waals surface area contributed by atoms with Gasteiger partial charge in [-0.05, 0) is 47.5 Å². The Balaban J connectivity index is 2.00. The van der Waals surface area contributed by atoms with E-state index >= 15 is 0 Å². The van der Waals surface area contributed by atoms with Crippen LogP contribution >= 0.6 is 0 Å². The average Bonchev–Trinajstić information content (AvgIpc) is 2.75. The van der Waals surface area contributed by atoms with Gasteiger partial charge in [0, 0.05) is 23.0 Å². The molecule has 0 heterocycles. The third-order valence-electron chi connectivity index (χ3n) is 5.38. The maximum atomic E-state index is 10.7. The third kappa shape index (κ3) is 3.80. The molecule has 4 aromatic rings. The van der Waals surface area contributed by atoms with E-state index in [0.717, 1.165) is 11.1 Å². The minimum absolute atomic E-state index is 0.148. The van der Waals surface area contributed by atoms with Crippen molar-refractivity contribution < 1.29 is 20.4 Å². The molecule has 0 bridgehead atoms. The molecule has 0 saturated heterocycles. The first-order chi connectivity index (χ1) is 14.5. The highest BCUT2D eigenvalue weighted by molar-refractivity contribution is 5.52. The summed E-state index contributed by atoms with van der Waals surface area (Å²) in [5.41, 5.74) is 3.14. The van der Waals surface area contributed by atoms with Crippen LogP contribution in [0.2, 0.25) is 0 Å². The zero-order chi connectivity index (χ0) is 21.1. The van der Waals surface area contributed by atoms with Gasteiger partial charge in [-0.25, -0.2) is 0 Å². The van der Waals surface area contributed by atoms with Crippen LogP contribution in [0.3, 0.4) is 0 Å². The zero-order valence-corrected chi connectivity index (χ0v) is 16.2. The van der Waals surface area contributed by atoms with E-state index in [2.05, 4.69) is 0 Å². The number of benzene rings is 4. The van der Waals surface area contributed by atoms with Gasteiger partial charge in [-0.15, -0.1) is 0 Å². The highest BCUT2D eigenvalue weighted by Gasteiger charge is 2.31. The van der Waals surface area contributed by atoms with Crippen LogP contribution in [0.5, 0.6) is 23.0 Å². The molecule has 4 rings (SSSR count). The van der Waals surface area contributed by atoms with Crippen molar-refractivity contribution in [3.8, 4) is 23.0 Å². The summed E-state index contributed by atoms with van der Waals surface area (Å²) in [4.78, 5) is 0.